The minimum absolute atomic E-state index is 0.178. The van der Waals surface area contributed by atoms with Crippen molar-refractivity contribution in [1.82, 2.24) is 0 Å². The molecule has 0 aliphatic carbocycles. The van der Waals surface area contributed by atoms with Gasteiger partial charge in [0.25, 0.3) is 0 Å². The summed E-state index contributed by atoms with van der Waals surface area (Å²) in [5.74, 6) is -0.651. The van der Waals surface area contributed by atoms with Gasteiger partial charge in [0.2, 0.25) is 0 Å². The standard InChI is InChI=1S/C11H14O5/c1-6-4-5-7(8(12)11(13)14)10(16-3)9(6)15-2/h4-5,8,12H,1-3H3,(H,13,14). The average molecular weight is 226 g/mol. The molecular weight excluding hydrogens is 212 g/mol. The number of ether oxygens (including phenoxy) is 2. The average Bonchev–Trinajstić information content (AvgIpc) is 2.27. The van der Waals surface area contributed by atoms with E-state index in [-0.39, 0.29) is 11.3 Å². The SMILES string of the molecule is COc1c(C)ccc(C(O)C(=O)O)c1OC. The topological polar surface area (TPSA) is 76.0 Å². The maximum Gasteiger partial charge on any atom is 0.337 e. The van der Waals surface area contributed by atoms with E-state index in [1.54, 1.807) is 13.0 Å². The maximum absolute atomic E-state index is 10.7. The highest BCUT2D eigenvalue weighted by Crippen LogP contribution is 2.37. The van der Waals surface area contributed by atoms with Crippen LogP contribution in [0.2, 0.25) is 0 Å². The maximum atomic E-state index is 10.7. The van der Waals surface area contributed by atoms with Gasteiger partial charge >= 0.3 is 5.97 Å². The van der Waals surface area contributed by atoms with Crippen molar-refractivity contribution in [1.29, 1.82) is 0 Å². The van der Waals surface area contributed by atoms with Crippen molar-refractivity contribution in [2.45, 2.75) is 13.0 Å². The fourth-order valence-corrected chi connectivity index (χ4v) is 1.49. The number of aliphatic hydroxyl groups is 1. The number of methoxy groups -OCH3 is 2. The summed E-state index contributed by atoms with van der Waals surface area (Å²) in [5, 5.41) is 18.2. The highest BCUT2D eigenvalue weighted by atomic mass is 16.5. The summed E-state index contributed by atoms with van der Waals surface area (Å²) in [4.78, 5) is 10.7. The normalized spacial score (nSPS) is 12.0. The second-order valence-corrected chi connectivity index (χ2v) is 3.28. The fraction of sp³-hybridized carbons (Fsp3) is 0.364. The molecule has 0 aliphatic heterocycles. The van der Waals surface area contributed by atoms with Crippen molar-refractivity contribution < 1.29 is 24.5 Å². The first-order valence-electron chi connectivity index (χ1n) is 4.65. The van der Waals surface area contributed by atoms with Gasteiger partial charge in [-0.1, -0.05) is 12.1 Å². The number of hydrogen-bond donors (Lipinski definition) is 2. The predicted octanol–water partition coefficient (Wildman–Crippen LogP) is 1.13. The lowest BCUT2D eigenvalue weighted by atomic mass is 10.0. The van der Waals surface area contributed by atoms with Gasteiger partial charge in [-0.15, -0.1) is 0 Å². The van der Waals surface area contributed by atoms with Crippen molar-refractivity contribution in [2.24, 2.45) is 0 Å². The van der Waals surface area contributed by atoms with Crippen LogP contribution in [0.3, 0.4) is 0 Å². The molecule has 1 rings (SSSR count). The molecule has 1 aromatic rings. The summed E-state index contributed by atoms with van der Waals surface area (Å²) >= 11 is 0. The van der Waals surface area contributed by atoms with Crippen LogP contribution in [0.25, 0.3) is 0 Å². The first-order valence-corrected chi connectivity index (χ1v) is 4.65. The number of aliphatic hydroxyl groups excluding tert-OH is 1. The van der Waals surface area contributed by atoms with Gasteiger partial charge in [-0.25, -0.2) is 4.79 Å². The summed E-state index contributed by atoms with van der Waals surface area (Å²) in [6, 6.07) is 3.18. The molecule has 0 fully saturated rings. The molecule has 0 radical (unpaired) electrons. The van der Waals surface area contributed by atoms with Crippen LogP contribution >= 0.6 is 0 Å². The Morgan fingerprint density at radius 3 is 2.25 bits per heavy atom. The fourth-order valence-electron chi connectivity index (χ4n) is 1.49. The van der Waals surface area contributed by atoms with Gasteiger partial charge in [-0.05, 0) is 12.5 Å². The summed E-state index contributed by atoms with van der Waals surface area (Å²) < 4.78 is 10.2. The Morgan fingerprint density at radius 1 is 1.25 bits per heavy atom. The van der Waals surface area contributed by atoms with E-state index in [0.717, 1.165) is 5.56 Å². The van der Waals surface area contributed by atoms with Crippen molar-refractivity contribution in [3.63, 3.8) is 0 Å². The Kier molecular flexibility index (Phi) is 3.73. The van der Waals surface area contributed by atoms with E-state index in [9.17, 15) is 9.90 Å². The molecule has 0 aliphatic rings. The zero-order chi connectivity index (χ0) is 12.3. The lowest BCUT2D eigenvalue weighted by molar-refractivity contribution is -0.147. The number of aryl methyl sites for hydroxylation is 1. The summed E-state index contributed by atoms with van der Waals surface area (Å²) in [6.45, 7) is 1.80. The molecule has 5 nitrogen and oxygen atoms in total. The van der Waals surface area contributed by atoms with Gasteiger partial charge < -0.3 is 19.7 Å². The van der Waals surface area contributed by atoms with Crippen LogP contribution in [-0.4, -0.2) is 30.4 Å². The quantitative estimate of drug-likeness (QED) is 0.804. The van der Waals surface area contributed by atoms with Gasteiger partial charge in [-0.3, -0.25) is 0 Å². The molecule has 0 saturated heterocycles. The van der Waals surface area contributed by atoms with Gasteiger partial charge in [0.1, 0.15) is 0 Å². The van der Waals surface area contributed by atoms with E-state index in [2.05, 4.69) is 0 Å². The minimum Gasteiger partial charge on any atom is -0.493 e. The molecule has 2 N–H and O–H groups in total. The highest BCUT2D eigenvalue weighted by Gasteiger charge is 2.23. The molecule has 1 aromatic carbocycles. The van der Waals surface area contributed by atoms with E-state index < -0.39 is 12.1 Å². The van der Waals surface area contributed by atoms with Crippen molar-refractivity contribution >= 4 is 5.97 Å². The van der Waals surface area contributed by atoms with Crippen LogP contribution in [0, 0.1) is 6.92 Å². The van der Waals surface area contributed by atoms with Gasteiger partial charge in [-0.2, -0.15) is 0 Å². The number of benzene rings is 1. The summed E-state index contributed by atoms with van der Waals surface area (Å²) in [6.07, 6.45) is -1.62. The Balaban J connectivity index is 3.35. The molecular formula is C11H14O5. The second-order valence-electron chi connectivity index (χ2n) is 3.28. The monoisotopic (exact) mass is 226 g/mol. The third-order valence-electron chi connectivity index (χ3n) is 2.28. The molecule has 0 saturated carbocycles. The molecule has 0 aromatic heterocycles. The van der Waals surface area contributed by atoms with Crippen LogP contribution in [0.4, 0.5) is 0 Å². The molecule has 0 bridgehead atoms. The van der Waals surface area contributed by atoms with Gasteiger partial charge in [0, 0.05) is 5.56 Å². The van der Waals surface area contributed by atoms with Crippen LogP contribution in [0.5, 0.6) is 11.5 Å². The van der Waals surface area contributed by atoms with E-state index in [1.807, 2.05) is 0 Å². The van der Waals surface area contributed by atoms with Crippen molar-refractivity contribution in [2.75, 3.05) is 14.2 Å². The van der Waals surface area contributed by atoms with E-state index in [1.165, 1.54) is 20.3 Å². The molecule has 1 unspecified atom stereocenters. The number of aliphatic carboxylic acids is 1. The summed E-state index contributed by atoms with van der Waals surface area (Å²) in [7, 11) is 2.86. The summed E-state index contributed by atoms with van der Waals surface area (Å²) in [5.41, 5.74) is 0.984. The third kappa shape index (κ3) is 2.09. The molecule has 0 heterocycles. The van der Waals surface area contributed by atoms with Crippen molar-refractivity contribution in [3.05, 3.63) is 23.3 Å². The Labute approximate surface area is 93.2 Å². The van der Waals surface area contributed by atoms with Crippen LogP contribution in [0.1, 0.15) is 17.2 Å². The van der Waals surface area contributed by atoms with Crippen molar-refractivity contribution in [3.8, 4) is 11.5 Å². The minimum atomic E-state index is -1.62. The molecule has 88 valence electrons. The Hall–Kier alpha value is -1.75. The smallest absolute Gasteiger partial charge is 0.337 e. The number of hydrogen-bond acceptors (Lipinski definition) is 4. The second kappa shape index (κ2) is 4.85. The van der Waals surface area contributed by atoms with E-state index in [4.69, 9.17) is 14.6 Å². The highest BCUT2D eigenvalue weighted by molar-refractivity contribution is 5.76. The van der Waals surface area contributed by atoms with Gasteiger partial charge in [0.05, 0.1) is 14.2 Å². The molecule has 0 amide bonds. The number of carbonyl (C=O) groups is 1. The largest absolute Gasteiger partial charge is 0.493 e. The third-order valence-corrected chi connectivity index (χ3v) is 2.28. The van der Waals surface area contributed by atoms with Gasteiger partial charge in [0.15, 0.2) is 17.6 Å². The van der Waals surface area contributed by atoms with Crippen LogP contribution in [-0.2, 0) is 4.79 Å². The lowest BCUT2D eigenvalue weighted by Crippen LogP contribution is -2.12. The zero-order valence-corrected chi connectivity index (χ0v) is 9.35. The first-order chi connectivity index (χ1) is 7.52. The Morgan fingerprint density at radius 2 is 1.81 bits per heavy atom. The predicted molar refractivity (Wildman–Crippen MR) is 56.9 cm³/mol. The van der Waals surface area contributed by atoms with Crippen LogP contribution in [0.15, 0.2) is 12.1 Å². The molecule has 1 atom stereocenters. The molecule has 5 heteroatoms. The zero-order valence-electron chi connectivity index (χ0n) is 9.35. The van der Waals surface area contributed by atoms with Crippen LogP contribution < -0.4 is 9.47 Å². The van der Waals surface area contributed by atoms with E-state index >= 15 is 0 Å². The number of rotatable bonds is 4. The molecule has 16 heavy (non-hydrogen) atoms. The molecule has 0 spiro atoms. The number of carboxylic acid groups (broad SMARTS) is 1. The lowest BCUT2D eigenvalue weighted by Gasteiger charge is -2.16. The van der Waals surface area contributed by atoms with E-state index in [0.29, 0.717) is 5.75 Å². The first kappa shape index (κ1) is 12.3. The Bertz CT molecular complexity index is 400. The number of carboxylic acids is 1.